The van der Waals surface area contributed by atoms with Crippen LogP contribution in [0.25, 0.3) is 0 Å². The fourth-order valence-corrected chi connectivity index (χ4v) is 3.77. The molecule has 0 aliphatic carbocycles. The molecular weight excluding hydrogens is 352 g/mol. The Labute approximate surface area is 168 Å². The first-order chi connectivity index (χ1) is 13.7. The molecule has 152 valence electrons. The number of aliphatic hydroxyl groups excluding tert-OH is 2. The van der Waals surface area contributed by atoms with E-state index in [0.717, 1.165) is 43.9 Å². The summed E-state index contributed by atoms with van der Waals surface area (Å²) in [7, 11) is 0. The van der Waals surface area contributed by atoms with Crippen LogP contribution in [0.3, 0.4) is 0 Å². The molecule has 1 heterocycles. The summed E-state index contributed by atoms with van der Waals surface area (Å²) in [6.07, 6.45) is -0.710. The number of aryl methyl sites for hydroxylation is 1. The molecular formula is C23H32N2O3. The minimum atomic E-state index is -0.528. The van der Waals surface area contributed by atoms with Gasteiger partial charge in [-0.25, -0.2) is 0 Å². The predicted molar refractivity (Wildman–Crippen MR) is 111 cm³/mol. The van der Waals surface area contributed by atoms with Crippen LogP contribution >= 0.6 is 0 Å². The number of rotatable bonds is 9. The van der Waals surface area contributed by atoms with Crippen LogP contribution < -0.4 is 0 Å². The Kier molecular flexibility index (Phi) is 8.01. The molecule has 1 aliphatic heterocycles. The van der Waals surface area contributed by atoms with E-state index in [9.17, 15) is 5.11 Å². The third kappa shape index (κ3) is 5.87. The third-order valence-electron chi connectivity index (χ3n) is 5.38. The average Bonchev–Trinajstić information content (AvgIpc) is 2.72. The molecule has 5 nitrogen and oxygen atoms in total. The lowest BCUT2D eigenvalue weighted by Crippen LogP contribution is -2.49. The second kappa shape index (κ2) is 10.7. The monoisotopic (exact) mass is 384 g/mol. The van der Waals surface area contributed by atoms with Gasteiger partial charge in [0.15, 0.2) is 0 Å². The standard InChI is InChI=1S/C23H32N2O3/c1-19-7-5-6-10-22(19)23(20-8-3-2-4-9-20)28-18-21(27)17-25-13-11-24(12-14-25)15-16-26/h2-10,21,23,26-27H,11-18H2,1H3/t21-,23-/m1/s1. The minimum absolute atomic E-state index is 0.182. The van der Waals surface area contributed by atoms with E-state index in [2.05, 4.69) is 41.0 Å². The maximum Gasteiger partial charge on any atom is 0.108 e. The van der Waals surface area contributed by atoms with Crippen molar-refractivity contribution in [2.75, 3.05) is 52.5 Å². The summed E-state index contributed by atoms with van der Waals surface area (Å²) >= 11 is 0. The van der Waals surface area contributed by atoms with Crippen molar-refractivity contribution in [3.05, 3.63) is 71.3 Å². The molecule has 1 fully saturated rings. The molecule has 0 aromatic heterocycles. The Bertz CT molecular complexity index is 702. The molecule has 0 bridgehead atoms. The highest BCUT2D eigenvalue weighted by atomic mass is 16.5. The van der Waals surface area contributed by atoms with Crippen LogP contribution in [0, 0.1) is 6.92 Å². The van der Waals surface area contributed by atoms with Crippen molar-refractivity contribution in [3.63, 3.8) is 0 Å². The van der Waals surface area contributed by atoms with Gasteiger partial charge in [0.2, 0.25) is 0 Å². The first-order valence-electron chi connectivity index (χ1n) is 10.1. The van der Waals surface area contributed by atoms with Crippen molar-refractivity contribution >= 4 is 0 Å². The maximum absolute atomic E-state index is 10.6. The van der Waals surface area contributed by atoms with E-state index < -0.39 is 6.10 Å². The lowest BCUT2D eigenvalue weighted by Gasteiger charge is -2.35. The molecule has 0 amide bonds. The van der Waals surface area contributed by atoms with E-state index in [1.807, 2.05) is 30.3 Å². The Balaban J connectivity index is 1.57. The second-order valence-electron chi connectivity index (χ2n) is 7.50. The molecule has 3 rings (SSSR count). The van der Waals surface area contributed by atoms with Crippen molar-refractivity contribution in [3.8, 4) is 0 Å². The molecule has 0 unspecified atom stereocenters. The van der Waals surface area contributed by atoms with Gasteiger partial charge in [-0.15, -0.1) is 0 Å². The largest absolute Gasteiger partial charge is 0.395 e. The molecule has 2 atom stereocenters. The van der Waals surface area contributed by atoms with Crippen LogP contribution in [0.1, 0.15) is 22.8 Å². The van der Waals surface area contributed by atoms with Gasteiger partial charge >= 0.3 is 0 Å². The fourth-order valence-electron chi connectivity index (χ4n) is 3.77. The smallest absolute Gasteiger partial charge is 0.108 e. The predicted octanol–water partition coefficient (Wildman–Crippen LogP) is 2.07. The van der Waals surface area contributed by atoms with Crippen LogP contribution in [-0.4, -0.2) is 78.6 Å². The number of piperazine rings is 1. The normalized spacial score (nSPS) is 18.1. The fraction of sp³-hybridized carbons (Fsp3) is 0.478. The van der Waals surface area contributed by atoms with Crippen molar-refractivity contribution in [1.29, 1.82) is 0 Å². The first kappa shape index (κ1) is 21.0. The summed E-state index contributed by atoms with van der Waals surface area (Å²) in [5.74, 6) is 0. The van der Waals surface area contributed by atoms with Crippen LogP contribution in [0.4, 0.5) is 0 Å². The van der Waals surface area contributed by atoms with E-state index >= 15 is 0 Å². The highest BCUT2D eigenvalue weighted by molar-refractivity contribution is 5.35. The summed E-state index contributed by atoms with van der Waals surface area (Å²) in [4.78, 5) is 4.52. The molecule has 0 saturated carbocycles. The number of hydrogen-bond donors (Lipinski definition) is 2. The first-order valence-corrected chi connectivity index (χ1v) is 10.1. The Hall–Kier alpha value is -1.76. The summed E-state index contributed by atoms with van der Waals surface area (Å²) in [6.45, 7) is 7.64. The van der Waals surface area contributed by atoms with Gasteiger partial charge < -0.3 is 14.9 Å². The zero-order valence-electron chi connectivity index (χ0n) is 16.7. The summed E-state index contributed by atoms with van der Waals surface area (Å²) in [5.41, 5.74) is 3.42. The van der Waals surface area contributed by atoms with Crippen molar-refractivity contribution in [2.45, 2.75) is 19.1 Å². The molecule has 0 spiro atoms. The second-order valence-corrected chi connectivity index (χ2v) is 7.50. The number of aliphatic hydroxyl groups is 2. The highest BCUT2D eigenvalue weighted by Crippen LogP contribution is 2.28. The van der Waals surface area contributed by atoms with Gasteiger partial charge in [0.05, 0.1) is 19.3 Å². The average molecular weight is 385 g/mol. The Morgan fingerprint density at radius 3 is 2.25 bits per heavy atom. The zero-order chi connectivity index (χ0) is 19.8. The quantitative estimate of drug-likeness (QED) is 0.693. The van der Waals surface area contributed by atoms with Crippen LogP contribution in [0.15, 0.2) is 54.6 Å². The highest BCUT2D eigenvalue weighted by Gasteiger charge is 2.21. The lowest BCUT2D eigenvalue weighted by molar-refractivity contribution is -0.0151. The Morgan fingerprint density at radius 1 is 0.929 bits per heavy atom. The number of β-amino-alcohol motifs (C(OH)–C–C–N with tert-alkyl or cyclic N) is 2. The lowest BCUT2D eigenvalue weighted by atomic mass is 9.97. The minimum Gasteiger partial charge on any atom is -0.395 e. The van der Waals surface area contributed by atoms with E-state index in [0.29, 0.717) is 13.2 Å². The Morgan fingerprint density at radius 2 is 1.57 bits per heavy atom. The van der Waals surface area contributed by atoms with E-state index in [4.69, 9.17) is 9.84 Å². The van der Waals surface area contributed by atoms with Crippen molar-refractivity contribution < 1.29 is 14.9 Å². The van der Waals surface area contributed by atoms with E-state index in [-0.39, 0.29) is 12.7 Å². The van der Waals surface area contributed by atoms with Gasteiger partial charge in [0.25, 0.3) is 0 Å². The van der Waals surface area contributed by atoms with Crippen molar-refractivity contribution in [2.24, 2.45) is 0 Å². The maximum atomic E-state index is 10.6. The summed E-state index contributed by atoms with van der Waals surface area (Å²) in [5, 5.41) is 19.6. The molecule has 2 aromatic rings. The molecule has 28 heavy (non-hydrogen) atoms. The van der Waals surface area contributed by atoms with Gasteiger partial charge in [-0.2, -0.15) is 0 Å². The summed E-state index contributed by atoms with van der Waals surface area (Å²) < 4.78 is 6.24. The SMILES string of the molecule is Cc1ccccc1[C@H](OC[C@H](O)CN1CCN(CCO)CC1)c1ccccc1. The third-order valence-corrected chi connectivity index (χ3v) is 5.38. The van der Waals surface area contributed by atoms with Crippen LogP contribution in [0.2, 0.25) is 0 Å². The number of hydrogen-bond acceptors (Lipinski definition) is 5. The van der Waals surface area contributed by atoms with Crippen LogP contribution in [0.5, 0.6) is 0 Å². The molecule has 0 radical (unpaired) electrons. The van der Waals surface area contributed by atoms with Gasteiger partial charge in [0, 0.05) is 39.3 Å². The number of ether oxygens (including phenoxy) is 1. The number of nitrogens with zero attached hydrogens (tertiary/aromatic N) is 2. The summed E-state index contributed by atoms with van der Waals surface area (Å²) in [6, 6.07) is 18.4. The van der Waals surface area contributed by atoms with Gasteiger partial charge in [-0.3, -0.25) is 9.80 Å². The molecule has 2 N–H and O–H groups in total. The van der Waals surface area contributed by atoms with Crippen LogP contribution in [-0.2, 0) is 4.74 Å². The van der Waals surface area contributed by atoms with Gasteiger partial charge in [-0.1, -0.05) is 54.6 Å². The topological polar surface area (TPSA) is 56.2 Å². The van der Waals surface area contributed by atoms with Crippen molar-refractivity contribution in [1.82, 2.24) is 9.80 Å². The molecule has 2 aromatic carbocycles. The zero-order valence-corrected chi connectivity index (χ0v) is 16.7. The van der Waals surface area contributed by atoms with Gasteiger partial charge in [-0.05, 0) is 23.6 Å². The molecule has 1 aliphatic rings. The van der Waals surface area contributed by atoms with E-state index in [1.165, 1.54) is 5.56 Å². The number of benzene rings is 2. The van der Waals surface area contributed by atoms with E-state index in [1.54, 1.807) is 0 Å². The van der Waals surface area contributed by atoms with Gasteiger partial charge in [0.1, 0.15) is 6.10 Å². The molecule has 1 saturated heterocycles. The molecule has 5 heteroatoms.